The zero-order chi connectivity index (χ0) is 13.2. The predicted octanol–water partition coefficient (Wildman–Crippen LogP) is 1.85. The van der Waals surface area contributed by atoms with Crippen LogP contribution in [0.4, 0.5) is 5.82 Å². The minimum atomic E-state index is -0.500. The molecule has 1 unspecified atom stereocenters. The van der Waals surface area contributed by atoms with Crippen LogP contribution < -0.4 is 11.1 Å². The maximum absolute atomic E-state index is 11.0. The van der Waals surface area contributed by atoms with E-state index in [0.717, 1.165) is 0 Å². The van der Waals surface area contributed by atoms with E-state index in [0.29, 0.717) is 22.4 Å². The van der Waals surface area contributed by atoms with Crippen LogP contribution in [0.25, 0.3) is 0 Å². The fourth-order valence-corrected chi connectivity index (χ4v) is 1.36. The summed E-state index contributed by atoms with van der Waals surface area (Å²) < 4.78 is 0. The molecule has 0 radical (unpaired) electrons. The number of primary amides is 1. The van der Waals surface area contributed by atoms with Crippen LogP contribution in [0.1, 0.15) is 38.1 Å². The van der Waals surface area contributed by atoms with Crippen molar-refractivity contribution in [2.24, 2.45) is 5.73 Å². The molecule has 94 valence electrons. The van der Waals surface area contributed by atoms with E-state index >= 15 is 0 Å². The summed E-state index contributed by atoms with van der Waals surface area (Å²) in [5.74, 6) is 0.919. The molecule has 0 aliphatic rings. The van der Waals surface area contributed by atoms with E-state index in [1.54, 1.807) is 13.8 Å². The summed E-state index contributed by atoms with van der Waals surface area (Å²) in [7, 11) is 0. The number of nitrogens with two attached hydrogens (primary N) is 1. The molecule has 3 N–H and O–H groups in total. The fraction of sp³-hybridized carbons (Fsp3) is 0.545. The molecule has 0 fully saturated rings. The minimum Gasteiger partial charge on any atom is -0.368 e. The molecule has 1 heterocycles. The van der Waals surface area contributed by atoms with Gasteiger partial charge in [0.2, 0.25) is 5.91 Å². The van der Waals surface area contributed by atoms with Gasteiger partial charge in [0.05, 0.1) is 0 Å². The average molecular weight is 257 g/mol. The third kappa shape index (κ3) is 3.30. The number of halogens is 1. The van der Waals surface area contributed by atoms with Crippen molar-refractivity contribution < 1.29 is 4.79 Å². The van der Waals surface area contributed by atoms with Crippen LogP contribution in [0.2, 0.25) is 5.15 Å². The first-order chi connectivity index (χ1) is 7.82. The largest absolute Gasteiger partial charge is 0.368 e. The first-order valence-corrected chi connectivity index (χ1v) is 5.80. The van der Waals surface area contributed by atoms with Gasteiger partial charge in [-0.1, -0.05) is 25.4 Å². The number of aromatic nitrogens is 2. The molecule has 1 atom stereocenters. The van der Waals surface area contributed by atoms with Gasteiger partial charge in [0.25, 0.3) is 0 Å². The lowest BCUT2D eigenvalue weighted by molar-refractivity contribution is -0.118. The highest BCUT2D eigenvalue weighted by atomic mass is 35.5. The Kier molecular flexibility index (Phi) is 4.28. The zero-order valence-electron chi connectivity index (χ0n) is 10.4. The number of hydrogen-bond acceptors (Lipinski definition) is 4. The third-order valence-corrected chi connectivity index (χ3v) is 2.77. The molecule has 0 aliphatic carbocycles. The van der Waals surface area contributed by atoms with E-state index in [1.165, 1.54) is 0 Å². The SMILES string of the molecule is Cc1c(Cl)nc(C(C)C)nc1NC(C)C(N)=O. The Bertz CT molecular complexity index is 434. The van der Waals surface area contributed by atoms with Gasteiger partial charge in [-0.3, -0.25) is 4.79 Å². The normalized spacial score (nSPS) is 12.6. The Morgan fingerprint density at radius 2 is 1.94 bits per heavy atom. The van der Waals surface area contributed by atoms with Gasteiger partial charge < -0.3 is 11.1 Å². The Balaban J connectivity index is 3.09. The van der Waals surface area contributed by atoms with Crippen LogP contribution >= 0.6 is 11.6 Å². The van der Waals surface area contributed by atoms with E-state index in [1.807, 2.05) is 13.8 Å². The molecule has 0 aliphatic heterocycles. The van der Waals surface area contributed by atoms with E-state index in [2.05, 4.69) is 15.3 Å². The smallest absolute Gasteiger partial charge is 0.239 e. The molecule has 0 spiro atoms. The first-order valence-electron chi connectivity index (χ1n) is 5.42. The van der Waals surface area contributed by atoms with Gasteiger partial charge in [0, 0.05) is 11.5 Å². The van der Waals surface area contributed by atoms with Gasteiger partial charge in [0.15, 0.2) is 0 Å². The Morgan fingerprint density at radius 3 is 2.41 bits per heavy atom. The molecule has 1 aromatic rings. The maximum Gasteiger partial charge on any atom is 0.239 e. The summed E-state index contributed by atoms with van der Waals surface area (Å²) in [5, 5.41) is 3.33. The molecule has 0 saturated heterocycles. The van der Waals surface area contributed by atoms with Crippen molar-refractivity contribution >= 4 is 23.3 Å². The molecule has 1 rings (SSSR count). The topological polar surface area (TPSA) is 80.9 Å². The molecule has 0 bridgehead atoms. The van der Waals surface area contributed by atoms with E-state index < -0.39 is 11.9 Å². The standard InChI is InChI=1S/C11H17ClN4O/c1-5(2)10-15-8(12)6(3)11(16-10)14-7(4)9(13)17/h5,7H,1-4H3,(H2,13,17)(H,14,15,16). The van der Waals surface area contributed by atoms with Crippen molar-refractivity contribution in [3.05, 3.63) is 16.5 Å². The Morgan fingerprint density at radius 1 is 1.35 bits per heavy atom. The van der Waals surface area contributed by atoms with Crippen molar-refractivity contribution in [3.8, 4) is 0 Å². The summed E-state index contributed by atoms with van der Waals surface area (Å²) in [6.07, 6.45) is 0. The molecule has 5 nitrogen and oxygen atoms in total. The third-order valence-electron chi connectivity index (χ3n) is 2.40. The summed E-state index contributed by atoms with van der Waals surface area (Å²) in [6.45, 7) is 7.42. The summed E-state index contributed by atoms with van der Waals surface area (Å²) in [5.41, 5.74) is 5.90. The summed E-state index contributed by atoms with van der Waals surface area (Å²) in [6, 6.07) is -0.500. The number of rotatable bonds is 4. The number of hydrogen-bond donors (Lipinski definition) is 2. The van der Waals surface area contributed by atoms with Crippen LogP contribution in [0.15, 0.2) is 0 Å². The number of anilines is 1. The van der Waals surface area contributed by atoms with Gasteiger partial charge in [-0.25, -0.2) is 9.97 Å². The van der Waals surface area contributed by atoms with Crippen molar-refractivity contribution in [2.45, 2.75) is 39.7 Å². The molecule has 0 saturated carbocycles. The number of nitrogens with zero attached hydrogens (tertiary/aromatic N) is 2. The van der Waals surface area contributed by atoms with Gasteiger partial charge in [0.1, 0.15) is 22.8 Å². The second kappa shape index (κ2) is 5.31. The van der Waals surface area contributed by atoms with Crippen LogP contribution in [-0.2, 0) is 4.79 Å². The lowest BCUT2D eigenvalue weighted by Gasteiger charge is -2.15. The predicted molar refractivity (Wildman–Crippen MR) is 68.1 cm³/mol. The minimum absolute atomic E-state index is 0.164. The first kappa shape index (κ1) is 13.7. The zero-order valence-corrected chi connectivity index (χ0v) is 11.2. The number of carbonyl (C=O) groups excluding carboxylic acids is 1. The molecule has 1 amide bonds. The van der Waals surface area contributed by atoms with Gasteiger partial charge in [-0.15, -0.1) is 0 Å². The highest BCUT2D eigenvalue weighted by Gasteiger charge is 2.15. The van der Waals surface area contributed by atoms with E-state index in [9.17, 15) is 4.79 Å². The summed E-state index contributed by atoms with van der Waals surface area (Å²) in [4.78, 5) is 19.5. The second-order valence-electron chi connectivity index (χ2n) is 4.27. The average Bonchev–Trinajstić information content (AvgIpc) is 2.23. The molecule has 17 heavy (non-hydrogen) atoms. The van der Waals surface area contributed by atoms with Gasteiger partial charge in [-0.05, 0) is 13.8 Å². The number of carbonyl (C=O) groups is 1. The Hall–Kier alpha value is -1.36. The van der Waals surface area contributed by atoms with Crippen LogP contribution in [-0.4, -0.2) is 21.9 Å². The summed E-state index contributed by atoms with van der Waals surface area (Å²) >= 11 is 6.02. The number of nitrogens with one attached hydrogen (secondary N) is 1. The van der Waals surface area contributed by atoms with Crippen LogP contribution in [0.5, 0.6) is 0 Å². The van der Waals surface area contributed by atoms with Crippen LogP contribution in [0.3, 0.4) is 0 Å². The molecule has 6 heteroatoms. The number of amides is 1. The van der Waals surface area contributed by atoms with Gasteiger partial charge >= 0.3 is 0 Å². The van der Waals surface area contributed by atoms with Gasteiger partial charge in [-0.2, -0.15) is 0 Å². The monoisotopic (exact) mass is 256 g/mol. The molecule has 1 aromatic heterocycles. The van der Waals surface area contributed by atoms with Crippen LogP contribution in [0, 0.1) is 6.92 Å². The van der Waals surface area contributed by atoms with Crippen molar-refractivity contribution in [2.75, 3.05) is 5.32 Å². The second-order valence-corrected chi connectivity index (χ2v) is 4.63. The highest BCUT2D eigenvalue weighted by Crippen LogP contribution is 2.23. The van der Waals surface area contributed by atoms with Crippen molar-refractivity contribution in [1.82, 2.24) is 9.97 Å². The maximum atomic E-state index is 11.0. The quantitative estimate of drug-likeness (QED) is 0.806. The molecular weight excluding hydrogens is 240 g/mol. The fourth-order valence-electron chi connectivity index (χ4n) is 1.18. The molecule has 0 aromatic carbocycles. The lowest BCUT2D eigenvalue weighted by Crippen LogP contribution is -2.33. The van der Waals surface area contributed by atoms with E-state index in [4.69, 9.17) is 17.3 Å². The van der Waals surface area contributed by atoms with Crippen molar-refractivity contribution in [3.63, 3.8) is 0 Å². The highest BCUT2D eigenvalue weighted by molar-refractivity contribution is 6.30. The Labute approximate surface area is 106 Å². The lowest BCUT2D eigenvalue weighted by atomic mass is 10.2. The van der Waals surface area contributed by atoms with Crippen molar-refractivity contribution in [1.29, 1.82) is 0 Å². The molecular formula is C11H17ClN4O. The van der Waals surface area contributed by atoms with E-state index in [-0.39, 0.29) is 5.92 Å².